The van der Waals surface area contributed by atoms with Crippen LogP contribution in [0.3, 0.4) is 0 Å². The molecule has 0 unspecified atom stereocenters. The fraction of sp³-hybridized carbons (Fsp3) is 0.385. The molecule has 0 spiro atoms. The van der Waals surface area contributed by atoms with Crippen LogP contribution in [0.2, 0.25) is 0 Å². The maximum atomic E-state index is 12.7. The number of carbonyl (C=O) groups excluding carboxylic acids is 2. The fourth-order valence-electron chi connectivity index (χ4n) is 1.57. The van der Waals surface area contributed by atoms with E-state index >= 15 is 0 Å². The lowest BCUT2D eigenvalue weighted by molar-refractivity contribution is -0.138. The van der Waals surface area contributed by atoms with E-state index in [4.69, 9.17) is 5.11 Å². The summed E-state index contributed by atoms with van der Waals surface area (Å²) in [6.45, 7) is 1.38. The summed E-state index contributed by atoms with van der Waals surface area (Å²) in [6.07, 6.45) is -4.40. The number of aliphatic hydroxyl groups is 1. The fourth-order valence-corrected chi connectivity index (χ4v) is 1.57. The quantitative estimate of drug-likeness (QED) is 0.738. The van der Waals surface area contributed by atoms with Gasteiger partial charge in [-0.2, -0.15) is 13.2 Å². The number of aliphatic hydroxyl groups excluding tert-OH is 1. The molecular weight excluding hydrogens is 289 g/mol. The van der Waals surface area contributed by atoms with Crippen LogP contribution < -0.4 is 10.6 Å². The van der Waals surface area contributed by atoms with Crippen molar-refractivity contribution < 1.29 is 27.9 Å². The van der Waals surface area contributed by atoms with Crippen LogP contribution in [0.15, 0.2) is 24.3 Å². The molecule has 0 aromatic heterocycles. The van der Waals surface area contributed by atoms with Crippen molar-refractivity contribution in [1.29, 1.82) is 0 Å². The van der Waals surface area contributed by atoms with Crippen LogP contribution in [-0.4, -0.2) is 29.6 Å². The van der Waals surface area contributed by atoms with E-state index < -0.39 is 35.3 Å². The van der Waals surface area contributed by atoms with E-state index in [0.717, 1.165) is 12.1 Å². The Morgan fingerprint density at radius 2 is 1.86 bits per heavy atom. The summed E-state index contributed by atoms with van der Waals surface area (Å²) in [5.74, 6) is -2.26. The molecule has 2 amide bonds. The van der Waals surface area contributed by atoms with Crippen molar-refractivity contribution in [2.75, 3.05) is 11.9 Å². The first-order chi connectivity index (χ1) is 9.75. The van der Waals surface area contributed by atoms with Gasteiger partial charge in [0.15, 0.2) is 0 Å². The summed E-state index contributed by atoms with van der Waals surface area (Å²) in [7, 11) is 0. The SMILES string of the molecule is C[C@H](CCO)NC(=O)C(=O)Nc1ccccc1C(F)(F)F. The molecule has 1 atom stereocenters. The number of hydrogen-bond donors (Lipinski definition) is 3. The Bertz CT molecular complexity index is 518. The van der Waals surface area contributed by atoms with Gasteiger partial charge in [-0.25, -0.2) is 0 Å². The van der Waals surface area contributed by atoms with Crippen LogP contribution in [0.5, 0.6) is 0 Å². The van der Waals surface area contributed by atoms with Crippen LogP contribution in [-0.2, 0) is 15.8 Å². The van der Waals surface area contributed by atoms with Gasteiger partial charge < -0.3 is 15.7 Å². The van der Waals surface area contributed by atoms with E-state index in [2.05, 4.69) is 5.32 Å². The van der Waals surface area contributed by atoms with Crippen molar-refractivity contribution in [3.8, 4) is 0 Å². The number of rotatable bonds is 4. The zero-order valence-corrected chi connectivity index (χ0v) is 11.2. The first-order valence-corrected chi connectivity index (χ1v) is 6.14. The number of anilines is 1. The third kappa shape index (κ3) is 5.07. The number of amides is 2. The molecule has 21 heavy (non-hydrogen) atoms. The molecule has 1 aromatic carbocycles. The lowest BCUT2D eigenvalue weighted by Gasteiger charge is -2.15. The van der Waals surface area contributed by atoms with Gasteiger partial charge in [-0.3, -0.25) is 9.59 Å². The number of hydrogen-bond acceptors (Lipinski definition) is 3. The van der Waals surface area contributed by atoms with Gasteiger partial charge in [0.2, 0.25) is 0 Å². The molecule has 0 saturated carbocycles. The standard InChI is InChI=1S/C13H15F3N2O3/c1-8(6-7-19)17-11(20)12(21)18-10-5-3-2-4-9(10)13(14,15)16/h2-5,8,19H,6-7H2,1H3,(H,17,20)(H,18,21)/t8-/m1/s1. The van der Waals surface area contributed by atoms with Crippen LogP contribution in [0.25, 0.3) is 0 Å². The molecule has 0 aliphatic carbocycles. The predicted molar refractivity (Wildman–Crippen MR) is 69.4 cm³/mol. The van der Waals surface area contributed by atoms with E-state index in [9.17, 15) is 22.8 Å². The van der Waals surface area contributed by atoms with E-state index in [-0.39, 0.29) is 13.0 Å². The zero-order chi connectivity index (χ0) is 16.0. The Morgan fingerprint density at radius 1 is 1.24 bits per heavy atom. The van der Waals surface area contributed by atoms with Gasteiger partial charge >= 0.3 is 18.0 Å². The molecule has 0 saturated heterocycles. The highest BCUT2D eigenvalue weighted by Gasteiger charge is 2.34. The van der Waals surface area contributed by atoms with E-state index in [0.29, 0.717) is 0 Å². The number of halogens is 3. The minimum Gasteiger partial charge on any atom is -0.396 e. The Hall–Kier alpha value is -2.09. The topological polar surface area (TPSA) is 78.4 Å². The molecule has 0 fully saturated rings. The molecule has 0 heterocycles. The highest BCUT2D eigenvalue weighted by Crippen LogP contribution is 2.34. The molecule has 0 bridgehead atoms. The van der Waals surface area contributed by atoms with Gasteiger partial charge in [0.1, 0.15) is 0 Å². The largest absolute Gasteiger partial charge is 0.418 e. The van der Waals surface area contributed by atoms with Crippen molar-refractivity contribution in [1.82, 2.24) is 5.32 Å². The third-order valence-electron chi connectivity index (χ3n) is 2.63. The van der Waals surface area contributed by atoms with Crippen LogP contribution in [0.1, 0.15) is 18.9 Å². The Kier molecular flexibility index (Phi) is 5.71. The van der Waals surface area contributed by atoms with Crippen molar-refractivity contribution >= 4 is 17.5 Å². The molecule has 3 N–H and O–H groups in total. The van der Waals surface area contributed by atoms with Crippen LogP contribution in [0, 0.1) is 0 Å². The van der Waals surface area contributed by atoms with Gasteiger partial charge in [-0.05, 0) is 25.5 Å². The molecule has 5 nitrogen and oxygen atoms in total. The van der Waals surface area contributed by atoms with Crippen molar-refractivity contribution in [2.45, 2.75) is 25.6 Å². The number of carbonyl (C=O) groups is 2. The van der Waals surface area contributed by atoms with Crippen molar-refractivity contribution in [3.05, 3.63) is 29.8 Å². The second-order valence-electron chi connectivity index (χ2n) is 4.38. The van der Waals surface area contributed by atoms with Gasteiger partial charge in [0, 0.05) is 12.6 Å². The smallest absolute Gasteiger partial charge is 0.396 e. The Balaban J connectivity index is 2.78. The number of benzene rings is 1. The first-order valence-electron chi connectivity index (χ1n) is 6.14. The molecular formula is C13H15F3N2O3. The van der Waals surface area contributed by atoms with E-state index in [1.54, 1.807) is 6.92 Å². The molecule has 1 aromatic rings. The maximum Gasteiger partial charge on any atom is 0.418 e. The first kappa shape index (κ1) is 17.0. The van der Waals surface area contributed by atoms with Crippen LogP contribution >= 0.6 is 0 Å². The Labute approximate surface area is 119 Å². The minimum atomic E-state index is -4.63. The monoisotopic (exact) mass is 304 g/mol. The summed E-state index contributed by atoms with van der Waals surface area (Å²) >= 11 is 0. The summed E-state index contributed by atoms with van der Waals surface area (Å²) < 4.78 is 38.2. The predicted octanol–water partition coefficient (Wildman–Crippen LogP) is 1.53. The molecule has 0 radical (unpaired) electrons. The van der Waals surface area contributed by atoms with Crippen molar-refractivity contribution in [3.63, 3.8) is 0 Å². The average Bonchev–Trinajstić information content (AvgIpc) is 2.38. The molecule has 0 aliphatic rings. The summed E-state index contributed by atoms with van der Waals surface area (Å²) in [5, 5.41) is 12.9. The lowest BCUT2D eigenvalue weighted by Crippen LogP contribution is -2.41. The molecule has 8 heteroatoms. The number of nitrogens with one attached hydrogen (secondary N) is 2. The van der Waals surface area contributed by atoms with E-state index in [1.165, 1.54) is 12.1 Å². The van der Waals surface area contributed by atoms with Gasteiger partial charge in [0.25, 0.3) is 0 Å². The van der Waals surface area contributed by atoms with Gasteiger partial charge in [0.05, 0.1) is 11.3 Å². The maximum absolute atomic E-state index is 12.7. The van der Waals surface area contributed by atoms with Crippen LogP contribution in [0.4, 0.5) is 18.9 Å². The third-order valence-corrected chi connectivity index (χ3v) is 2.63. The highest BCUT2D eigenvalue weighted by atomic mass is 19.4. The Morgan fingerprint density at radius 3 is 2.43 bits per heavy atom. The average molecular weight is 304 g/mol. The molecule has 1 rings (SSSR count). The van der Waals surface area contributed by atoms with Crippen molar-refractivity contribution in [2.24, 2.45) is 0 Å². The summed E-state index contributed by atoms with van der Waals surface area (Å²) in [4.78, 5) is 23.1. The molecule has 0 aliphatic heterocycles. The summed E-state index contributed by atoms with van der Waals surface area (Å²) in [6, 6.07) is 3.90. The van der Waals surface area contributed by atoms with Gasteiger partial charge in [-0.1, -0.05) is 12.1 Å². The normalized spacial score (nSPS) is 12.6. The second-order valence-corrected chi connectivity index (χ2v) is 4.38. The summed E-state index contributed by atoms with van der Waals surface area (Å²) in [5.41, 5.74) is -1.52. The van der Waals surface area contributed by atoms with Gasteiger partial charge in [-0.15, -0.1) is 0 Å². The molecule has 116 valence electrons. The number of alkyl halides is 3. The minimum absolute atomic E-state index is 0.181. The number of para-hydroxylation sites is 1. The van der Waals surface area contributed by atoms with E-state index in [1.807, 2.05) is 5.32 Å². The highest BCUT2D eigenvalue weighted by molar-refractivity contribution is 6.39. The zero-order valence-electron chi connectivity index (χ0n) is 11.2. The lowest BCUT2D eigenvalue weighted by atomic mass is 10.1. The second kappa shape index (κ2) is 7.07.